The van der Waals surface area contributed by atoms with E-state index in [1.165, 1.54) is 6.07 Å². The van der Waals surface area contributed by atoms with Crippen molar-refractivity contribution >= 4 is 11.6 Å². The molecule has 3 N–H and O–H groups in total. The predicted molar refractivity (Wildman–Crippen MR) is 59.5 cm³/mol. The van der Waals surface area contributed by atoms with Crippen LogP contribution in [0.4, 0.5) is 4.39 Å². The Labute approximate surface area is 93.9 Å². The lowest BCUT2D eigenvalue weighted by Crippen LogP contribution is -2.26. The van der Waals surface area contributed by atoms with Crippen LogP contribution in [0, 0.1) is 11.2 Å². The largest absolute Gasteiger partial charge is 0.505 e. The molecule has 0 saturated heterocycles. The molecule has 1 rings (SSSR count). The summed E-state index contributed by atoms with van der Waals surface area (Å²) < 4.78 is 13.1. The highest BCUT2D eigenvalue weighted by atomic mass is 35.5. The lowest BCUT2D eigenvalue weighted by atomic mass is 9.82. The van der Waals surface area contributed by atoms with Crippen molar-refractivity contribution in [3.8, 4) is 5.75 Å². The molecule has 0 unspecified atom stereocenters. The van der Waals surface area contributed by atoms with Gasteiger partial charge >= 0.3 is 0 Å². The van der Waals surface area contributed by atoms with E-state index in [0.29, 0.717) is 0 Å². The van der Waals surface area contributed by atoms with E-state index in [0.717, 1.165) is 6.07 Å². The molecule has 0 fully saturated rings. The highest BCUT2D eigenvalue weighted by Gasteiger charge is 2.28. The number of aromatic hydroxyl groups is 1. The average Bonchev–Trinajstić information content (AvgIpc) is 2.10. The van der Waals surface area contributed by atoms with Gasteiger partial charge < -0.3 is 10.8 Å². The van der Waals surface area contributed by atoms with Gasteiger partial charge in [-0.05, 0) is 17.5 Å². The van der Waals surface area contributed by atoms with Crippen molar-refractivity contribution in [3.63, 3.8) is 0 Å². The second-order valence-corrected chi connectivity index (χ2v) is 5.04. The summed E-state index contributed by atoms with van der Waals surface area (Å²) in [4.78, 5) is 0. The second-order valence-electron chi connectivity index (χ2n) is 4.64. The lowest BCUT2D eigenvalue weighted by Gasteiger charge is -2.28. The number of hydrogen-bond donors (Lipinski definition) is 2. The van der Waals surface area contributed by atoms with Crippen LogP contribution in [0.15, 0.2) is 12.1 Å². The predicted octanol–water partition coefficient (Wildman–Crippen LogP) is 3.23. The van der Waals surface area contributed by atoms with Gasteiger partial charge in [-0.15, -0.1) is 0 Å². The fraction of sp³-hybridized carbons (Fsp3) is 0.455. The molecule has 84 valence electrons. The molecule has 0 spiro atoms. The van der Waals surface area contributed by atoms with Crippen molar-refractivity contribution in [2.24, 2.45) is 11.1 Å². The molecule has 2 nitrogen and oxygen atoms in total. The smallest absolute Gasteiger partial charge is 0.165 e. The van der Waals surface area contributed by atoms with E-state index in [1.807, 2.05) is 20.8 Å². The molecule has 1 aromatic rings. The molecule has 0 saturated carbocycles. The first-order valence-corrected chi connectivity index (χ1v) is 5.05. The topological polar surface area (TPSA) is 46.2 Å². The number of benzene rings is 1. The lowest BCUT2D eigenvalue weighted by molar-refractivity contribution is 0.314. The zero-order valence-corrected chi connectivity index (χ0v) is 9.77. The second kappa shape index (κ2) is 3.99. The van der Waals surface area contributed by atoms with Gasteiger partial charge in [-0.3, -0.25) is 0 Å². The standard InChI is InChI=1S/C11H15ClFNO/c1-11(2,3)10(14)8-6(12)4-5-7(13)9(8)15/h4-5,10,15H,14H2,1-3H3/t10-/m0/s1. The maximum atomic E-state index is 13.1. The molecule has 0 bridgehead atoms. The molecule has 0 radical (unpaired) electrons. The van der Waals surface area contributed by atoms with Crippen molar-refractivity contribution in [2.75, 3.05) is 0 Å². The summed E-state index contributed by atoms with van der Waals surface area (Å²) in [5, 5.41) is 9.86. The van der Waals surface area contributed by atoms with E-state index in [4.69, 9.17) is 17.3 Å². The van der Waals surface area contributed by atoms with Gasteiger partial charge in [-0.25, -0.2) is 4.39 Å². The summed E-state index contributed by atoms with van der Waals surface area (Å²) >= 11 is 5.90. The molecule has 15 heavy (non-hydrogen) atoms. The molecule has 4 heteroatoms. The van der Waals surface area contributed by atoms with Crippen molar-refractivity contribution < 1.29 is 9.50 Å². The summed E-state index contributed by atoms with van der Waals surface area (Å²) in [6.45, 7) is 5.70. The Hall–Kier alpha value is -0.800. The summed E-state index contributed by atoms with van der Waals surface area (Å²) in [7, 11) is 0. The molecule has 0 heterocycles. The van der Waals surface area contributed by atoms with E-state index >= 15 is 0 Å². The molecule has 1 aromatic carbocycles. The van der Waals surface area contributed by atoms with E-state index in [-0.39, 0.29) is 16.0 Å². The summed E-state index contributed by atoms with van der Waals surface area (Å²) in [6.07, 6.45) is 0. The van der Waals surface area contributed by atoms with Crippen LogP contribution >= 0.6 is 11.6 Å². The van der Waals surface area contributed by atoms with Gasteiger partial charge in [0.2, 0.25) is 0 Å². The van der Waals surface area contributed by atoms with Gasteiger partial charge in [-0.2, -0.15) is 0 Å². The van der Waals surface area contributed by atoms with Crippen LogP contribution in [0.25, 0.3) is 0 Å². The monoisotopic (exact) mass is 231 g/mol. The minimum atomic E-state index is -0.700. The van der Waals surface area contributed by atoms with Crippen LogP contribution < -0.4 is 5.73 Å². The maximum Gasteiger partial charge on any atom is 0.165 e. The molecule has 0 aliphatic heterocycles. The first-order chi connectivity index (χ1) is 6.75. The highest BCUT2D eigenvalue weighted by Crippen LogP contribution is 2.40. The van der Waals surface area contributed by atoms with Crippen LogP contribution in [0.2, 0.25) is 5.02 Å². The van der Waals surface area contributed by atoms with Crippen LogP contribution in [0.3, 0.4) is 0 Å². The number of phenolic OH excluding ortho intramolecular Hbond substituents is 1. The van der Waals surface area contributed by atoms with Gasteiger partial charge in [0.05, 0.1) is 0 Å². The van der Waals surface area contributed by atoms with E-state index < -0.39 is 17.6 Å². The first-order valence-electron chi connectivity index (χ1n) is 4.67. The summed E-state index contributed by atoms with van der Waals surface area (Å²) in [5.74, 6) is -1.15. The Morgan fingerprint density at radius 1 is 1.40 bits per heavy atom. The van der Waals surface area contributed by atoms with Gasteiger partial charge in [0, 0.05) is 16.6 Å². The van der Waals surface area contributed by atoms with Gasteiger partial charge in [0.1, 0.15) is 0 Å². The third-order valence-electron chi connectivity index (χ3n) is 2.36. The molecule has 1 atom stereocenters. The summed E-state index contributed by atoms with van der Waals surface area (Å²) in [6, 6.07) is 2.01. The molecule has 0 aliphatic carbocycles. The Morgan fingerprint density at radius 3 is 2.40 bits per heavy atom. The summed E-state index contributed by atoms with van der Waals surface area (Å²) in [5.41, 5.74) is 5.90. The average molecular weight is 232 g/mol. The highest BCUT2D eigenvalue weighted by molar-refractivity contribution is 6.31. The van der Waals surface area contributed by atoms with Crippen molar-refractivity contribution in [1.29, 1.82) is 0 Å². The number of phenols is 1. The molecule has 0 aliphatic rings. The van der Waals surface area contributed by atoms with Crippen LogP contribution in [-0.4, -0.2) is 5.11 Å². The number of nitrogens with two attached hydrogens (primary N) is 1. The van der Waals surface area contributed by atoms with Gasteiger partial charge in [-0.1, -0.05) is 32.4 Å². The van der Waals surface area contributed by atoms with Gasteiger partial charge in [0.15, 0.2) is 11.6 Å². The number of halogens is 2. The fourth-order valence-electron chi connectivity index (χ4n) is 1.29. The van der Waals surface area contributed by atoms with Gasteiger partial charge in [0.25, 0.3) is 0 Å². The number of rotatable bonds is 1. The molecule has 0 aromatic heterocycles. The quantitative estimate of drug-likeness (QED) is 0.780. The Balaban J connectivity index is 3.31. The third-order valence-corrected chi connectivity index (χ3v) is 2.69. The van der Waals surface area contributed by atoms with Crippen molar-refractivity contribution in [1.82, 2.24) is 0 Å². The van der Waals surface area contributed by atoms with Crippen LogP contribution in [0.1, 0.15) is 32.4 Å². The SMILES string of the molecule is CC(C)(C)[C@@H](N)c1c(Cl)ccc(F)c1O. The van der Waals surface area contributed by atoms with E-state index in [9.17, 15) is 9.50 Å². The van der Waals surface area contributed by atoms with Crippen LogP contribution in [-0.2, 0) is 0 Å². The maximum absolute atomic E-state index is 13.1. The van der Waals surface area contributed by atoms with E-state index in [2.05, 4.69) is 0 Å². The zero-order chi connectivity index (χ0) is 11.8. The van der Waals surface area contributed by atoms with Crippen LogP contribution in [0.5, 0.6) is 5.75 Å². The minimum Gasteiger partial charge on any atom is -0.505 e. The Morgan fingerprint density at radius 2 is 1.93 bits per heavy atom. The first kappa shape index (κ1) is 12.3. The molecular weight excluding hydrogens is 217 g/mol. The minimum absolute atomic E-state index is 0.268. The molecule has 0 amide bonds. The Kier molecular flexibility index (Phi) is 3.26. The van der Waals surface area contributed by atoms with E-state index in [1.54, 1.807) is 0 Å². The number of hydrogen-bond acceptors (Lipinski definition) is 2. The normalized spacial score (nSPS) is 14.0. The Bertz CT molecular complexity index is 374. The molecular formula is C11H15ClFNO. The third kappa shape index (κ3) is 2.41. The zero-order valence-electron chi connectivity index (χ0n) is 9.01. The van der Waals surface area contributed by atoms with Crippen molar-refractivity contribution in [2.45, 2.75) is 26.8 Å². The fourth-order valence-corrected chi connectivity index (χ4v) is 1.56. The van der Waals surface area contributed by atoms with Crippen molar-refractivity contribution in [3.05, 3.63) is 28.5 Å².